The Bertz CT molecular complexity index is 499. The van der Waals surface area contributed by atoms with Crippen LogP contribution in [0.3, 0.4) is 0 Å². The van der Waals surface area contributed by atoms with Gasteiger partial charge in [-0.3, -0.25) is 4.98 Å². The van der Waals surface area contributed by atoms with Crippen molar-refractivity contribution in [3.05, 3.63) is 29.7 Å². The van der Waals surface area contributed by atoms with Gasteiger partial charge in [0.05, 0.1) is 11.8 Å². The van der Waals surface area contributed by atoms with Crippen molar-refractivity contribution in [3.8, 4) is 0 Å². The molecule has 0 spiro atoms. The summed E-state index contributed by atoms with van der Waals surface area (Å²) in [6, 6.07) is 0. The van der Waals surface area contributed by atoms with Crippen LogP contribution < -0.4 is 5.73 Å². The molecule has 0 fully saturated rings. The number of nitrogens with two attached hydrogens (primary N) is 1. The fraction of sp³-hybridized carbons (Fsp3) is 0. The first-order valence-corrected chi connectivity index (χ1v) is 5.04. The first kappa shape index (κ1) is 9.53. The van der Waals surface area contributed by atoms with E-state index in [1.54, 1.807) is 23.0 Å². The lowest BCUT2D eigenvalue weighted by Gasteiger charge is -1.89. The van der Waals surface area contributed by atoms with Gasteiger partial charge < -0.3 is 10.7 Å². The first-order valence-electron chi connectivity index (χ1n) is 4.09. The molecule has 76 valence electrons. The van der Waals surface area contributed by atoms with Crippen molar-refractivity contribution in [2.75, 3.05) is 5.73 Å². The third kappa shape index (κ3) is 2.26. The Balaban J connectivity index is 0.000000144. The molecule has 3 aromatic rings. The van der Waals surface area contributed by atoms with Gasteiger partial charge in [0.25, 0.3) is 0 Å². The molecule has 0 aliphatic carbocycles. The summed E-state index contributed by atoms with van der Waals surface area (Å²) >= 11 is 1.60. The normalized spacial score (nSPS) is 9.60. The van der Waals surface area contributed by atoms with Crippen molar-refractivity contribution in [1.82, 2.24) is 24.9 Å². The lowest BCUT2D eigenvalue weighted by Crippen LogP contribution is -1.91. The largest absolute Gasteiger partial charge is 0.382 e. The predicted molar refractivity (Wildman–Crippen MR) is 58.2 cm³/mol. The molecule has 3 aromatic heterocycles. The average molecular weight is 220 g/mol. The average Bonchev–Trinajstić information content (AvgIpc) is 2.93. The number of nitrogens with one attached hydrogen (secondary N) is 1. The summed E-state index contributed by atoms with van der Waals surface area (Å²) in [4.78, 5) is 18.1. The van der Waals surface area contributed by atoms with E-state index >= 15 is 0 Å². The molecule has 3 rings (SSSR count). The highest BCUT2D eigenvalue weighted by Gasteiger charge is 1.99. The van der Waals surface area contributed by atoms with E-state index in [-0.39, 0.29) is 0 Å². The number of nitrogens with zero attached hydrogens (tertiary/aromatic N) is 4. The third-order valence-electron chi connectivity index (χ3n) is 1.60. The highest BCUT2D eigenvalue weighted by atomic mass is 32.1. The summed E-state index contributed by atoms with van der Waals surface area (Å²) in [5.41, 5.74) is 8.57. The van der Waals surface area contributed by atoms with Crippen LogP contribution in [0.4, 0.5) is 5.82 Å². The molecule has 7 heteroatoms. The zero-order chi connectivity index (χ0) is 10.5. The van der Waals surface area contributed by atoms with Crippen LogP contribution >= 0.6 is 11.3 Å². The van der Waals surface area contributed by atoms with Gasteiger partial charge in [-0.25, -0.2) is 15.0 Å². The summed E-state index contributed by atoms with van der Waals surface area (Å²) in [7, 11) is 0. The Morgan fingerprint density at radius 3 is 2.80 bits per heavy atom. The van der Waals surface area contributed by atoms with E-state index in [9.17, 15) is 0 Å². The Morgan fingerprint density at radius 1 is 1.27 bits per heavy atom. The Kier molecular flexibility index (Phi) is 2.84. The molecular formula is C8H8N6S. The van der Waals surface area contributed by atoms with E-state index in [4.69, 9.17) is 5.73 Å². The summed E-state index contributed by atoms with van der Waals surface area (Å²) in [6.07, 6.45) is 4.69. The second-order valence-electron chi connectivity index (χ2n) is 2.54. The second-order valence-corrected chi connectivity index (χ2v) is 3.29. The van der Waals surface area contributed by atoms with Crippen LogP contribution in [0, 0.1) is 0 Å². The fourth-order valence-electron chi connectivity index (χ4n) is 0.959. The number of thiazole rings is 1. The molecule has 0 atom stereocenters. The molecule has 0 saturated heterocycles. The standard InChI is InChI=1S/C5H5N5.C3H3NS/c6-4-3-5(9-1-7-3)10-2-8-4;1-2-5-3-4-1/h1-2H,(H3,6,7,8,9,10);1-3H. The number of H-pyrrole nitrogens is 1. The smallest absolute Gasteiger partial charge is 0.182 e. The molecule has 0 saturated carbocycles. The minimum Gasteiger partial charge on any atom is -0.382 e. The Hall–Kier alpha value is -2.02. The van der Waals surface area contributed by atoms with Crippen LogP contribution in [-0.2, 0) is 0 Å². The van der Waals surface area contributed by atoms with Crippen molar-refractivity contribution < 1.29 is 0 Å². The summed E-state index contributed by atoms with van der Waals surface area (Å²) in [5, 5.41) is 1.93. The molecule has 0 aliphatic heterocycles. The summed E-state index contributed by atoms with van der Waals surface area (Å²) < 4.78 is 0. The monoisotopic (exact) mass is 220 g/mol. The molecule has 3 heterocycles. The van der Waals surface area contributed by atoms with Crippen LogP contribution in [-0.4, -0.2) is 24.9 Å². The van der Waals surface area contributed by atoms with Crippen LogP contribution in [0.15, 0.2) is 29.7 Å². The number of imidazole rings is 1. The van der Waals surface area contributed by atoms with Crippen molar-refractivity contribution >= 4 is 28.3 Å². The van der Waals surface area contributed by atoms with Gasteiger partial charge in [0, 0.05) is 11.6 Å². The lowest BCUT2D eigenvalue weighted by atomic mass is 10.5. The zero-order valence-corrected chi connectivity index (χ0v) is 8.48. The van der Waals surface area contributed by atoms with E-state index in [2.05, 4.69) is 24.9 Å². The molecule has 0 amide bonds. The molecule has 0 aliphatic rings. The van der Waals surface area contributed by atoms with Crippen LogP contribution in [0.2, 0.25) is 0 Å². The molecule has 15 heavy (non-hydrogen) atoms. The van der Waals surface area contributed by atoms with E-state index in [1.807, 2.05) is 5.38 Å². The SMILES string of the molecule is Nc1ncnc2nc[nH]c12.c1cscn1. The Morgan fingerprint density at radius 2 is 2.20 bits per heavy atom. The molecule has 0 bridgehead atoms. The van der Waals surface area contributed by atoms with E-state index in [1.165, 1.54) is 12.7 Å². The minimum atomic E-state index is 0.433. The van der Waals surface area contributed by atoms with Gasteiger partial charge in [-0.2, -0.15) is 0 Å². The molecule has 0 radical (unpaired) electrons. The van der Waals surface area contributed by atoms with Crippen molar-refractivity contribution in [3.63, 3.8) is 0 Å². The van der Waals surface area contributed by atoms with Crippen LogP contribution in [0.1, 0.15) is 0 Å². The Labute approximate surface area is 89.2 Å². The number of anilines is 1. The minimum absolute atomic E-state index is 0.433. The third-order valence-corrected chi connectivity index (χ3v) is 2.12. The highest BCUT2D eigenvalue weighted by Crippen LogP contribution is 2.09. The molecular weight excluding hydrogens is 212 g/mol. The molecule has 0 aromatic carbocycles. The van der Waals surface area contributed by atoms with E-state index < -0.39 is 0 Å². The molecule has 6 nitrogen and oxygen atoms in total. The number of fused-ring (bicyclic) bond motifs is 1. The lowest BCUT2D eigenvalue weighted by molar-refractivity contribution is 1.21. The van der Waals surface area contributed by atoms with Crippen molar-refractivity contribution in [2.24, 2.45) is 0 Å². The van der Waals surface area contributed by atoms with Crippen molar-refractivity contribution in [1.29, 1.82) is 0 Å². The van der Waals surface area contributed by atoms with Crippen LogP contribution in [0.5, 0.6) is 0 Å². The number of hydrogen-bond acceptors (Lipinski definition) is 6. The zero-order valence-electron chi connectivity index (χ0n) is 7.66. The maximum Gasteiger partial charge on any atom is 0.182 e. The van der Waals surface area contributed by atoms with E-state index in [0.717, 1.165) is 0 Å². The summed E-state index contributed by atoms with van der Waals surface area (Å²) in [5.74, 6) is 0.433. The maximum absolute atomic E-state index is 5.48. The van der Waals surface area contributed by atoms with Gasteiger partial charge in [-0.15, -0.1) is 11.3 Å². The maximum atomic E-state index is 5.48. The number of rotatable bonds is 0. The molecule has 0 unspecified atom stereocenters. The second kappa shape index (κ2) is 4.47. The van der Waals surface area contributed by atoms with Gasteiger partial charge in [-0.1, -0.05) is 0 Å². The van der Waals surface area contributed by atoms with Gasteiger partial charge in [0.15, 0.2) is 11.5 Å². The predicted octanol–water partition coefficient (Wildman–Crippen LogP) is 1.08. The van der Waals surface area contributed by atoms with Crippen molar-refractivity contribution in [2.45, 2.75) is 0 Å². The highest BCUT2D eigenvalue weighted by molar-refractivity contribution is 7.07. The first-order chi connectivity index (χ1) is 7.38. The molecule has 3 N–H and O–H groups in total. The van der Waals surface area contributed by atoms with Gasteiger partial charge >= 0.3 is 0 Å². The number of nitrogen functional groups attached to an aromatic ring is 1. The van der Waals surface area contributed by atoms with Gasteiger partial charge in [0.2, 0.25) is 0 Å². The number of aromatic amines is 1. The topological polar surface area (TPSA) is 93.4 Å². The van der Waals surface area contributed by atoms with Crippen LogP contribution in [0.25, 0.3) is 11.2 Å². The van der Waals surface area contributed by atoms with Gasteiger partial charge in [0.1, 0.15) is 11.8 Å². The quantitative estimate of drug-likeness (QED) is 0.591. The summed E-state index contributed by atoms with van der Waals surface area (Å²) in [6.45, 7) is 0. The number of aromatic nitrogens is 5. The number of hydrogen-bond donors (Lipinski definition) is 2. The van der Waals surface area contributed by atoms with Gasteiger partial charge in [-0.05, 0) is 0 Å². The fourth-order valence-corrected chi connectivity index (χ4v) is 1.31. The van der Waals surface area contributed by atoms with E-state index in [0.29, 0.717) is 17.0 Å².